The number of carbonyl (C=O) groups excluding carboxylic acids is 2. The second-order valence-corrected chi connectivity index (χ2v) is 7.91. The number of nitrogens with zero attached hydrogens (tertiary/aromatic N) is 1. The highest BCUT2D eigenvalue weighted by Crippen LogP contribution is 2.40. The summed E-state index contributed by atoms with van der Waals surface area (Å²) in [6, 6.07) is 0. The monoisotopic (exact) mass is 367 g/mol. The number of hydrogen-bond acceptors (Lipinski definition) is 6. The number of fused-ring (bicyclic) bond motifs is 1. The summed E-state index contributed by atoms with van der Waals surface area (Å²) >= 11 is 1.52. The largest absolute Gasteiger partial charge is 0.462 e. The van der Waals surface area contributed by atoms with Crippen molar-refractivity contribution < 1.29 is 14.3 Å². The zero-order chi connectivity index (χ0) is 18.4. The van der Waals surface area contributed by atoms with Crippen molar-refractivity contribution in [3.8, 4) is 0 Å². The van der Waals surface area contributed by atoms with Crippen molar-refractivity contribution in [2.45, 2.75) is 33.1 Å². The molecule has 0 aliphatic heterocycles. The van der Waals surface area contributed by atoms with E-state index in [1.54, 1.807) is 6.92 Å². The number of rotatable bonds is 8. The highest BCUT2D eigenvalue weighted by Gasteiger charge is 2.29. The van der Waals surface area contributed by atoms with Gasteiger partial charge in [0.25, 0.3) is 0 Å². The molecule has 1 heterocycles. The summed E-state index contributed by atoms with van der Waals surface area (Å²) in [7, 11) is 3.98. The molecule has 6 nitrogen and oxygen atoms in total. The Hall–Kier alpha value is -1.44. The fourth-order valence-corrected chi connectivity index (χ4v) is 4.35. The van der Waals surface area contributed by atoms with E-state index in [0.717, 1.165) is 37.9 Å². The highest BCUT2D eigenvalue weighted by molar-refractivity contribution is 7.17. The molecule has 1 aromatic rings. The Bertz CT molecular complexity index is 613. The minimum atomic E-state index is -0.328. The van der Waals surface area contributed by atoms with Crippen LogP contribution in [0.2, 0.25) is 0 Å². The molecule has 0 bridgehead atoms. The van der Waals surface area contributed by atoms with Crippen LogP contribution >= 0.6 is 11.3 Å². The van der Waals surface area contributed by atoms with E-state index in [1.165, 1.54) is 16.2 Å². The molecule has 140 valence electrons. The van der Waals surface area contributed by atoms with Crippen LogP contribution < -0.4 is 10.6 Å². The average Bonchev–Trinajstić information content (AvgIpc) is 2.88. The molecule has 7 heteroatoms. The summed E-state index contributed by atoms with van der Waals surface area (Å²) in [5, 5.41) is 6.66. The number of hydrogen-bond donors (Lipinski definition) is 2. The molecule has 25 heavy (non-hydrogen) atoms. The van der Waals surface area contributed by atoms with Gasteiger partial charge in [-0.05, 0) is 51.8 Å². The number of carbonyl (C=O) groups is 2. The number of likely N-dealkylation sites (N-methyl/N-ethyl adjacent to an activating group) is 1. The molecule has 1 aliphatic carbocycles. The predicted octanol–water partition coefficient (Wildman–Crippen LogP) is 2.14. The van der Waals surface area contributed by atoms with Crippen LogP contribution in [0.1, 0.15) is 41.1 Å². The van der Waals surface area contributed by atoms with Gasteiger partial charge in [-0.1, -0.05) is 6.92 Å². The zero-order valence-corrected chi connectivity index (χ0v) is 16.4. The van der Waals surface area contributed by atoms with Crippen molar-refractivity contribution in [3.63, 3.8) is 0 Å². The molecule has 1 atom stereocenters. The standard InChI is InChI=1S/C18H29N3O3S/c1-5-24-18(23)16-13-7-6-12(2)10-14(13)25-17(16)20-15(22)11-19-8-9-21(3)4/h12,19H,5-11H2,1-4H3,(H,20,22)/t12-/m0/s1. The Balaban J connectivity index is 2.08. The van der Waals surface area contributed by atoms with Crippen LogP contribution in [0.15, 0.2) is 0 Å². The molecule has 0 unspecified atom stereocenters. The van der Waals surface area contributed by atoms with E-state index in [9.17, 15) is 9.59 Å². The first-order valence-electron chi connectivity index (χ1n) is 8.89. The Labute approximate surface area is 153 Å². The molecular formula is C18H29N3O3S. The topological polar surface area (TPSA) is 70.7 Å². The molecule has 2 rings (SSSR count). The van der Waals surface area contributed by atoms with Crippen LogP contribution in [0.3, 0.4) is 0 Å². The van der Waals surface area contributed by atoms with Crippen molar-refractivity contribution in [2.75, 3.05) is 45.7 Å². The average molecular weight is 368 g/mol. The van der Waals surface area contributed by atoms with Gasteiger partial charge >= 0.3 is 5.97 Å². The number of amides is 1. The minimum absolute atomic E-state index is 0.129. The molecule has 0 saturated heterocycles. The Morgan fingerprint density at radius 1 is 1.36 bits per heavy atom. The second-order valence-electron chi connectivity index (χ2n) is 6.80. The van der Waals surface area contributed by atoms with Crippen LogP contribution in [0.4, 0.5) is 5.00 Å². The molecule has 2 N–H and O–H groups in total. The van der Waals surface area contributed by atoms with Gasteiger partial charge in [-0.3, -0.25) is 4.79 Å². The number of esters is 1. The van der Waals surface area contributed by atoms with E-state index in [4.69, 9.17) is 4.74 Å². The lowest BCUT2D eigenvalue weighted by Crippen LogP contribution is -2.33. The lowest BCUT2D eigenvalue weighted by atomic mass is 9.88. The molecule has 1 amide bonds. The smallest absolute Gasteiger partial charge is 0.341 e. The Morgan fingerprint density at radius 2 is 2.12 bits per heavy atom. The summed E-state index contributed by atoms with van der Waals surface area (Å²) in [5.74, 6) is 0.152. The number of anilines is 1. The molecular weight excluding hydrogens is 338 g/mol. The first-order chi connectivity index (χ1) is 11.9. The van der Waals surface area contributed by atoms with Gasteiger partial charge in [-0.2, -0.15) is 0 Å². The summed E-state index contributed by atoms with van der Waals surface area (Å²) in [5.41, 5.74) is 1.63. The van der Waals surface area contributed by atoms with Gasteiger partial charge in [0.2, 0.25) is 5.91 Å². The van der Waals surface area contributed by atoms with E-state index in [-0.39, 0.29) is 18.4 Å². The maximum absolute atomic E-state index is 12.4. The van der Waals surface area contributed by atoms with Gasteiger partial charge in [0, 0.05) is 18.0 Å². The van der Waals surface area contributed by atoms with Gasteiger partial charge in [0.1, 0.15) is 5.00 Å². The third-order valence-corrected chi connectivity index (χ3v) is 5.44. The third kappa shape index (κ3) is 5.52. The number of thiophene rings is 1. The van der Waals surface area contributed by atoms with E-state index >= 15 is 0 Å². The van der Waals surface area contributed by atoms with Crippen LogP contribution in [-0.2, 0) is 22.4 Å². The maximum atomic E-state index is 12.4. The van der Waals surface area contributed by atoms with Gasteiger partial charge in [-0.15, -0.1) is 11.3 Å². The number of nitrogens with one attached hydrogen (secondary N) is 2. The molecule has 0 spiro atoms. The molecule has 0 radical (unpaired) electrons. The fourth-order valence-electron chi connectivity index (χ4n) is 2.93. The maximum Gasteiger partial charge on any atom is 0.341 e. The second kappa shape index (κ2) is 9.31. The van der Waals surface area contributed by atoms with Crippen molar-refractivity contribution in [1.82, 2.24) is 10.2 Å². The van der Waals surface area contributed by atoms with Crippen molar-refractivity contribution >= 4 is 28.2 Å². The minimum Gasteiger partial charge on any atom is -0.462 e. The van der Waals surface area contributed by atoms with E-state index in [1.807, 2.05) is 14.1 Å². The fraction of sp³-hybridized carbons (Fsp3) is 0.667. The summed E-state index contributed by atoms with van der Waals surface area (Å²) < 4.78 is 5.22. The molecule has 0 saturated carbocycles. The van der Waals surface area contributed by atoms with E-state index in [0.29, 0.717) is 23.1 Å². The Kier molecular flexibility index (Phi) is 7.40. The van der Waals surface area contributed by atoms with Crippen LogP contribution in [0.5, 0.6) is 0 Å². The van der Waals surface area contributed by atoms with Crippen LogP contribution in [0, 0.1) is 5.92 Å². The van der Waals surface area contributed by atoms with Crippen molar-refractivity contribution in [1.29, 1.82) is 0 Å². The third-order valence-electron chi connectivity index (χ3n) is 4.27. The van der Waals surface area contributed by atoms with Crippen LogP contribution in [-0.4, -0.2) is 57.1 Å². The lowest BCUT2D eigenvalue weighted by molar-refractivity contribution is -0.115. The number of ether oxygens (including phenoxy) is 1. The summed E-state index contributed by atoms with van der Waals surface area (Å²) in [4.78, 5) is 27.9. The SMILES string of the molecule is CCOC(=O)c1c(NC(=O)CNCCN(C)C)sc2c1CC[C@H](C)C2. The van der Waals surface area contributed by atoms with E-state index < -0.39 is 0 Å². The molecule has 1 aromatic heterocycles. The van der Waals surface area contributed by atoms with Gasteiger partial charge in [0.05, 0.1) is 18.7 Å². The predicted molar refractivity (Wildman–Crippen MR) is 102 cm³/mol. The van der Waals surface area contributed by atoms with Gasteiger partial charge < -0.3 is 20.3 Å². The summed E-state index contributed by atoms with van der Waals surface area (Å²) in [6.07, 6.45) is 2.90. The van der Waals surface area contributed by atoms with Gasteiger partial charge in [0.15, 0.2) is 0 Å². The van der Waals surface area contributed by atoms with Gasteiger partial charge in [-0.25, -0.2) is 4.79 Å². The van der Waals surface area contributed by atoms with Crippen molar-refractivity contribution in [2.24, 2.45) is 5.92 Å². The summed E-state index contributed by atoms with van der Waals surface area (Å²) in [6.45, 7) is 6.19. The molecule has 0 aromatic carbocycles. The first-order valence-corrected chi connectivity index (χ1v) is 9.71. The van der Waals surface area contributed by atoms with E-state index in [2.05, 4.69) is 22.5 Å². The lowest BCUT2D eigenvalue weighted by Gasteiger charge is -2.18. The van der Waals surface area contributed by atoms with Crippen molar-refractivity contribution in [3.05, 3.63) is 16.0 Å². The highest BCUT2D eigenvalue weighted by atomic mass is 32.1. The van der Waals surface area contributed by atoms with Crippen LogP contribution in [0.25, 0.3) is 0 Å². The molecule has 0 fully saturated rings. The first kappa shape index (κ1) is 19.9. The Morgan fingerprint density at radius 3 is 2.80 bits per heavy atom. The quantitative estimate of drug-likeness (QED) is 0.544. The molecule has 1 aliphatic rings. The normalized spacial score (nSPS) is 16.6. The zero-order valence-electron chi connectivity index (χ0n) is 15.6.